The van der Waals surface area contributed by atoms with E-state index in [2.05, 4.69) is 37.8 Å². The molecule has 0 heterocycles. The molecule has 0 aliphatic heterocycles. The van der Waals surface area contributed by atoms with Crippen molar-refractivity contribution in [2.75, 3.05) is 19.6 Å². The molecule has 0 rings (SSSR count). The third-order valence-corrected chi connectivity index (χ3v) is 1.93. The molecule has 0 bridgehead atoms. The van der Waals surface area contributed by atoms with Crippen LogP contribution in [-0.2, 0) is 0 Å². The van der Waals surface area contributed by atoms with Crippen LogP contribution < -0.4 is 0 Å². The van der Waals surface area contributed by atoms with Gasteiger partial charge in [0.25, 0.3) is 0 Å². The van der Waals surface area contributed by atoms with Gasteiger partial charge in [0.05, 0.1) is 0 Å². The highest BCUT2D eigenvalue weighted by molar-refractivity contribution is 5.85. The lowest BCUT2D eigenvalue weighted by atomic mass is 10.3. The maximum absolute atomic E-state index is 2.54. The molecule has 0 aromatic carbocycles. The molecule has 2 heteroatoms. The normalized spacial score (nSPS) is 10.8. The van der Waals surface area contributed by atoms with Gasteiger partial charge in [-0.1, -0.05) is 26.0 Å². The molecule has 13 heavy (non-hydrogen) atoms. The zero-order valence-corrected chi connectivity index (χ0v) is 10.1. The van der Waals surface area contributed by atoms with Crippen molar-refractivity contribution in [3.05, 3.63) is 12.2 Å². The minimum absolute atomic E-state index is 0. The molecule has 1 nitrogen and oxygen atoms in total. The molecule has 0 aromatic rings. The fraction of sp³-hybridized carbons (Fsp3) is 0.818. The highest BCUT2D eigenvalue weighted by Gasteiger charge is 1.99. The van der Waals surface area contributed by atoms with Gasteiger partial charge in [-0.25, -0.2) is 0 Å². The van der Waals surface area contributed by atoms with E-state index in [1.807, 2.05) is 0 Å². The summed E-state index contributed by atoms with van der Waals surface area (Å²) in [5, 5.41) is 0. The Labute approximate surface area is 89.6 Å². The average molecular weight is 206 g/mol. The third-order valence-electron chi connectivity index (χ3n) is 1.93. The number of halogens is 1. The van der Waals surface area contributed by atoms with Crippen molar-refractivity contribution in [3.8, 4) is 0 Å². The Balaban J connectivity index is 0. The van der Waals surface area contributed by atoms with Crippen LogP contribution in [0.2, 0.25) is 0 Å². The van der Waals surface area contributed by atoms with Crippen LogP contribution in [0.4, 0.5) is 0 Å². The van der Waals surface area contributed by atoms with E-state index < -0.39 is 0 Å². The Hall–Kier alpha value is -0.0100. The summed E-state index contributed by atoms with van der Waals surface area (Å²) >= 11 is 0. The van der Waals surface area contributed by atoms with Gasteiger partial charge in [-0.05, 0) is 39.3 Å². The van der Waals surface area contributed by atoms with Gasteiger partial charge in [0, 0.05) is 6.54 Å². The fourth-order valence-corrected chi connectivity index (χ4v) is 1.39. The van der Waals surface area contributed by atoms with E-state index in [9.17, 15) is 0 Å². The summed E-state index contributed by atoms with van der Waals surface area (Å²) in [6, 6.07) is 0. The summed E-state index contributed by atoms with van der Waals surface area (Å²) in [4.78, 5) is 2.54. The molecule has 0 fully saturated rings. The fourth-order valence-electron chi connectivity index (χ4n) is 1.39. The first-order chi connectivity index (χ1) is 5.85. The van der Waals surface area contributed by atoms with Crippen molar-refractivity contribution in [2.45, 2.75) is 40.0 Å². The number of nitrogens with zero attached hydrogens (tertiary/aromatic N) is 1. The first kappa shape index (κ1) is 15.5. The van der Waals surface area contributed by atoms with Gasteiger partial charge in [0.15, 0.2) is 0 Å². The average Bonchev–Trinajstić information content (AvgIpc) is 2.06. The molecule has 0 unspecified atom stereocenters. The lowest BCUT2D eigenvalue weighted by molar-refractivity contribution is 0.280. The van der Waals surface area contributed by atoms with Gasteiger partial charge in [-0.3, -0.25) is 0 Å². The van der Waals surface area contributed by atoms with Gasteiger partial charge in [0.1, 0.15) is 0 Å². The zero-order valence-electron chi connectivity index (χ0n) is 9.25. The standard InChI is InChI=1S/C11H23N.ClH/c1-4-7-8-11-12(9-5-2)10-6-3;/h4,7H,5-6,8-11H2,1-3H3;1H. The molecule has 0 aliphatic carbocycles. The monoisotopic (exact) mass is 205 g/mol. The lowest BCUT2D eigenvalue weighted by Gasteiger charge is -2.19. The Morgan fingerprint density at radius 2 is 1.54 bits per heavy atom. The van der Waals surface area contributed by atoms with Crippen LogP contribution >= 0.6 is 12.4 Å². The molecule has 0 aliphatic rings. The van der Waals surface area contributed by atoms with E-state index in [1.165, 1.54) is 38.9 Å². The maximum Gasteiger partial charge on any atom is 0.00159 e. The van der Waals surface area contributed by atoms with E-state index in [1.54, 1.807) is 0 Å². The van der Waals surface area contributed by atoms with Crippen LogP contribution in [0.5, 0.6) is 0 Å². The predicted molar refractivity (Wildman–Crippen MR) is 63.7 cm³/mol. The summed E-state index contributed by atoms with van der Waals surface area (Å²) in [5.74, 6) is 0. The van der Waals surface area contributed by atoms with Crippen molar-refractivity contribution in [1.29, 1.82) is 0 Å². The second-order valence-corrected chi connectivity index (χ2v) is 3.20. The molecule has 0 saturated heterocycles. The summed E-state index contributed by atoms with van der Waals surface area (Å²) in [6.45, 7) is 10.3. The van der Waals surface area contributed by atoms with Crippen molar-refractivity contribution < 1.29 is 0 Å². The molecule has 80 valence electrons. The molecule has 0 N–H and O–H groups in total. The van der Waals surface area contributed by atoms with Gasteiger partial charge < -0.3 is 4.90 Å². The van der Waals surface area contributed by atoms with Crippen LogP contribution in [-0.4, -0.2) is 24.5 Å². The van der Waals surface area contributed by atoms with Gasteiger partial charge >= 0.3 is 0 Å². The maximum atomic E-state index is 2.54. The first-order valence-electron chi connectivity index (χ1n) is 5.18. The van der Waals surface area contributed by atoms with Crippen LogP contribution in [0.1, 0.15) is 40.0 Å². The summed E-state index contributed by atoms with van der Waals surface area (Å²) in [6.07, 6.45) is 8.14. The SMILES string of the molecule is CC=CCCN(CCC)CCC.Cl. The Morgan fingerprint density at radius 3 is 1.92 bits per heavy atom. The van der Waals surface area contributed by atoms with E-state index in [0.29, 0.717) is 0 Å². The van der Waals surface area contributed by atoms with Crippen LogP contribution in [0.3, 0.4) is 0 Å². The van der Waals surface area contributed by atoms with Crippen LogP contribution in [0, 0.1) is 0 Å². The first-order valence-corrected chi connectivity index (χ1v) is 5.18. The zero-order chi connectivity index (χ0) is 9.23. The summed E-state index contributed by atoms with van der Waals surface area (Å²) < 4.78 is 0. The molecular weight excluding hydrogens is 182 g/mol. The van der Waals surface area contributed by atoms with Crippen LogP contribution in [0.15, 0.2) is 12.2 Å². The smallest absolute Gasteiger partial charge is 0.00159 e. The summed E-state index contributed by atoms with van der Waals surface area (Å²) in [7, 11) is 0. The number of hydrogen-bond acceptors (Lipinski definition) is 1. The third kappa shape index (κ3) is 9.91. The Morgan fingerprint density at radius 1 is 1.00 bits per heavy atom. The van der Waals surface area contributed by atoms with Gasteiger partial charge in [0.2, 0.25) is 0 Å². The number of allylic oxidation sites excluding steroid dienone is 1. The highest BCUT2D eigenvalue weighted by Crippen LogP contribution is 1.96. The number of rotatable bonds is 7. The van der Waals surface area contributed by atoms with Crippen molar-refractivity contribution in [3.63, 3.8) is 0 Å². The van der Waals surface area contributed by atoms with E-state index >= 15 is 0 Å². The van der Waals surface area contributed by atoms with E-state index in [-0.39, 0.29) is 12.4 Å². The number of hydrogen-bond donors (Lipinski definition) is 0. The van der Waals surface area contributed by atoms with E-state index in [4.69, 9.17) is 0 Å². The molecule has 0 saturated carbocycles. The molecule has 0 spiro atoms. The summed E-state index contributed by atoms with van der Waals surface area (Å²) in [5.41, 5.74) is 0. The molecule has 0 atom stereocenters. The highest BCUT2D eigenvalue weighted by atomic mass is 35.5. The Kier molecular flexibility index (Phi) is 14.3. The van der Waals surface area contributed by atoms with Crippen molar-refractivity contribution in [1.82, 2.24) is 4.90 Å². The predicted octanol–water partition coefficient (Wildman–Crippen LogP) is 3.50. The van der Waals surface area contributed by atoms with Gasteiger partial charge in [-0.15, -0.1) is 12.4 Å². The largest absolute Gasteiger partial charge is 0.303 e. The topological polar surface area (TPSA) is 3.24 Å². The van der Waals surface area contributed by atoms with E-state index in [0.717, 1.165) is 0 Å². The minimum Gasteiger partial charge on any atom is -0.303 e. The molecule has 0 aromatic heterocycles. The second-order valence-electron chi connectivity index (χ2n) is 3.20. The van der Waals surface area contributed by atoms with Gasteiger partial charge in [-0.2, -0.15) is 0 Å². The van der Waals surface area contributed by atoms with Crippen molar-refractivity contribution >= 4 is 12.4 Å². The molecular formula is C11H24ClN. The Bertz CT molecular complexity index is 107. The quantitative estimate of drug-likeness (QED) is 0.576. The van der Waals surface area contributed by atoms with Crippen molar-refractivity contribution in [2.24, 2.45) is 0 Å². The minimum atomic E-state index is 0. The van der Waals surface area contributed by atoms with Crippen LogP contribution in [0.25, 0.3) is 0 Å². The second kappa shape index (κ2) is 12.0. The lowest BCUT2D eigenvalue weighted by Crippen LogP contribution is -2.26. The molecule has 0 amide bonds. The molecule has 0 radical (unpaired) electrons.